The average molecular weight is 494 g/mol. The van der Waals surface area contributed by atoms with Crippen LogP contribution in [0.4, 0.5) is 4.79 Å². The molecule has 3 amide bonds. The fraction of sp³-hybridized carbons (Fsp3) is 0.800. The molecule has 0 bridgehead atoms. The fourth-order valence-electron chi connectivity index (χ4n) is 2.24. The van der Waals surface area contributed by atoms with E-state index in [1.165, 1.54) is 6.92 Å². The zero-order valence-corrected chi connectivity index (χ0v) is 20.6. The van der Waals surface area contributed by atoms with E-state index in [9.17, 15) is 19.2 Å². The van der Waals surface area contributed by atoms with E-state index in [1.54, 1.807) is 41.5 Å². The van der Waals surface area contributed by atoms with Crippen molar-refractivity contribution in [1.29, 1.82) is 0 Å². The summed E-state index contributed by atoms with van der Waals surface area (Å²) in [6, 6.07) is -1.66. The Kier molecular flexibility index (Phi) is 12.0. The van der Waals surface area contributed by atoms with Gasteiger partial charge in [-0.2, -0.15) is 0 Å². The van der Waals surface area contributed by atoms with Crippen LogP contribution in [0.25, 0.3) is 0 Å². The number of alkyl halides is 1. The Hall–Kier alpha value is -1.84. The number of hydrogen-bond donors (Lipinski definition) is 3. The minimum atomic E-state index is -0.853. The highest BCUT2D eigenvalue weighted by Crippen LogP contribution is 2.09. The second-order valence-corrected chi connectivity index (χ2v) is 9.50. The number of amides is 3. The van der Waals surface area contributed by atoms with Crippen molar-refractivity contribution in [3.8, 4) is 0 Å². The number of carbonyl (C=O) groups is 4. The topological polar surface area (TPSA) is 123 Å². The molecule has 0 heterocycles. The summed E-state index contributed by atoms with van der Waals surface area (Å²) in [6.07, 6.45) is 1.00. The van der Waals surface area contributed by atoms with Gasteiger partial charge in [-0.05, 0) is 67.7 Å². The summed E-state index contributed by atoms with van der Waals surface area (Å²) in [6.45, 7) is 12.5. The van der Waals surface area contributed by atoms with Gasteiger partial charge in [-0.3, -0.25) is 9.59 Å². The number of halogens is 1. The van der Waals surface area contributed by atoms with Gasteiger partial charge in [0.25, 0.3) is 0 Å². The Labute approximate surface area is 187 Å². The normalized spacial score (nSPS) is 13.6. The van der Waals surface area contributed by atoms with Gasteiger partial charge in [0.2, 0.25) is 11.8 Å². The van der Waals surface area contributed by atoms with Gasteiger partial charge in [0.05, 0.1) is 5.33 Å². The summed E-state index contributed by atoms with van der Waals surface area (Å²) >= 11 is 3.05. The molecule has 0 saturated heterocycles. The maximum absolute atomic E-state index is 12.6. The van der Waals surface area contributed by atoms with Crippen molar-refractivity contribution in [3.63, 3.8) is 0 Å². The Morgan fingerprint density at radius 2 is 1.47 bits per heavy atom. The van der Waals surface area contributed by atoms with E-state index in [0.29, 0.717) is 25.8 Å². The molecule has 9 nitrogen and oxygen atoms in total. The van der Waals surface area contributed by atoms with Crippen LogP contribution in [0.5, 0.6) is 0 Å². The zero-order chi connectivity index (χ0) is 23.5. The Bertz CT molecular complexity index is 598. The summed E-state index contributed by atoms with van der Waals surface area (Å²) in [5, 5.41) is 7.91. The lowest BCUT2D eigenvalue weighted by Gasteiger charge is -2.24. The van der Waals surface area contributed by atoms with Gasteiger partial charge in [-0.15, -0.1) is 0 Å². The van der Waals surface area contributed by atoms with Crippen molar-refractivity contribution in [2.75, 3.05) is 11.9 Å². The maximum Gasteiger partial charge on any atom is 0.407 e. The highest BCUT2D eigenvalue weighted by Gasteiger charge is 2.27. The third-order valence-electron chi connectivity index (χ3n) is 3.48. The largest absolute Gasteiger partial charge is 0.458 e. The van der Waals surface area contributed by atoms with Crippen molar-refractivity contribution >= 4 is 39.8 Å². The fourth-order valence-corrected chi connectivity index (χ4v) is 2.40. The third-order valence-corrected chi connectivity index (χ3v) is 3.99. The number of esters is 1. The van der Waals surface area contributed by atoms with Crippen LogP contribution in [0, 0.1) is 0 Å². The van der Waals surface area contributed by atoms with Crippen LogP contribution in [-0.2, 0) is 23.9 Å². The first-order valence-electron chi connectivity index (χ1n) is 10.00. The number of carbonyl (C=O) groups excluding carboxylic acids is 4. The smallest absolute Gasteiger partial charge is 0.407 e. The molecule has 0 radical (unpaired) electrons. The summed E-state index contributed by atoms with van der Waals surface area (Å²) in [5.41, 5.74) is -1.24. The number of ether oxygens (including phenoxy) is 2. The van der Waals surface area contributed by atoms with Crippen LogP contribution >= 0.6 is 15.9 Å². The number of rotatable bonds is 10. The van der Waals surface area contributed by atoms with Gasteiger partial charge in [0, 0.05) is 6.54 Å². The Morgan fingerprint density at radius 1 is 0.900 bits per heavy atom. The van der Waals surface area contributed by atoms with E-state index >= 15 is 0 Å². The van der Waals surface area contributed by atoms with Crippen molar-refractivity contribution in [1.82, 2.24) is 16.0 Å². The van der Waals surface area contributed by atoms with Gasteiger partial charge < -0.3 is 25.4 Å². The van der Waals surface area contributed by atoms with Crippen molar-refractivity contribution < 1.29 is 28.7 Å². The minimum Gasteiger partial charge on any atom is -0.458 e. The highest BCUT2D eigenvalue weighted by molar-refractivity contribution is 9.09. The molecule has 2 atom stereocenters. The molecule has 10 heteroatoms. The van der Waals surface area contributed by atoms with E-state index in [2.05, 4.69) is 31.9 Å². The molecule has 174 valence electrons. The number of unbranched alkanes of at least 4 members (excludes halogenated alkanes) is 1. The third kappa shape index (κ3) is 14.2. The zero-order valence-electron chi connectivity index (χ0n) is 19.0. The quantitative estimate of drug-likeness (QED) is 0.244. The van der Waals surface area contributed by atoms with Crippen LogP contribution in [0.1, 0.15) is 67.7 Å². The first kappa shape index (κ1) is 28.2. The van der Waals surface area contributed by atoms with Gasteiger partial charge in [-0.25, -0.2) is 9.59 Å². The van der Waals surface area contributed by atoms with E-state index in [-0.39, 0.29) is 11.2 Å². The molecule has 0 rings (SSSR count). The lowest BCUT2D eigenvalue weighted by molar-refractivity contribution is -0.158. The lowest BCUT2D eigenvalue weighted by atomic mass is 10.1. The van der Waals surface area contributed by atoms with Gasteiger partial charge in [0.15, 0.2) is 0 Å². The predicted molar refractivity (Wildman–Crippen MR) is 117 cm³/mol. The second-order valence-electron chi connectivity index (χ2n) is 8.94. The summed E-state index contributed by atoms with van der Waals surface area (Å²) in [7, 11) is 0. The molecular weight excluding hydrogens is 458 g/mol. The lowest BCUT2D eigenvalue weighted by Crippen LogP contribution is -2.51. The van der Waals surface area contributed by atoms with E-state index in [1.807, 2.05) is 0 Å². The minimum absolute atomic E-state index is 0.0542. The number of nitrogens with one attached hydrogen (secondary N) is 3. The van der Waals surface area contributed by atoms with Crippen LogP contribution in [0.2, 0.25) is 0 Å². The molecule has 0 aliphatic heterocycles. The van der Waals surface area contributed by atoms with E-state index in [4.69, 9.17) is 9.47 Å². The molecule has 0 aliphatic rings. The van der Waals surface area contributed by atoms with E-state index in [0.717, 1.165) is 0 Å². The second kappa shape index (κ2) is 12.8. The van der Waals surface area contributed by atoms with Gasteiger partial charge >= 0.3 is 12.1 Å². The summed E-state index contributed by atoms with van der Waals surface area (Å²) < 4.78 is 10.4. The first-order chi connectivity index (χ1) is 13.6. The highest BCUT2D eigenvalue weighted by atomic mass is 79.9. The molecule has 0 fully saturated rings. The van der Waals surface area contributed by atoms with Crippen LogP contribution in [0.3, 0.4) is 0 Å². The first-order valence-corrected chi connectivity index (χ1v) is 11.1. The molecule has 0 aromatic rings. The molecule has 0 saturated carbocycles. The predicted octanol–water partition coefficient (Wildman–Crippen LogP) is 2.41. The molecule has 0 unspecified atom stereocenters. The van der Waals surface area contributed by atoms with Crippen LogP contribution in [-0.4, -0.2) is 59.0 Å². The average Bonchev–Trinajstić information content (AvgIpc) is 2.56. The molecule has 0 aromatic carbocycles. The molecule has 0 spiro atoms. The molecule has 3 N–H and O–H groups in total. The van der Waals surface area contributed by atoms with Crippen LogP contribution < -0.4 is 16.0 Å². The molecule has 0 aromatic heterocycles. The summed E-state index contributed by atoms with van der Waals surface area (Å²) in [5.74, 6) is -1.36. The SMILES string of the molecule is C[C@@H](NC(=O)[C@H](CCCCNC(=O)OC(C)(C)C)NC(=O)CBr)C(=O)OC(C)(C)C. The van der Waals surface area contributed by atoms with Gasteiger partial charge in [0.1, 0.15) is 23.3 Å². The Morgan fingerprint density at radius 3 is 1.97 bits per heavy atom. The monoisotopic (exact) mass is 493 g/mol. The molecule has 0 aliphatic carbocycles. The Balaban J connectivity index is 4.62. The standard InChI is InChI=1S/C20H36BrN3O6/c1-13(17(27)29-19(2,3)4)23-16(26)14(24-15(25)12-21)10-8-9-11-22-18(28)30-20(5,6)7/h13-14H,8-12H2,1-7H3,(H,22,28)(H,23,26)(H,24,25)/t13-,14+/m1/s1. The number of hydrogen-bond acceptors (Lipinski definition) is 6. The van der Waals surface area contributed by atoms with Crippen molar-refractivity contribution in [2.45, 2.75) is 91.0 Å². The van der Waals surface area contributed by atoms with Crippen molar-refractivity contribution in [3.05, 3.63) is 0 Å². The molecular formula is C20H36BrN3O6. The van der Waals surface area contributed by atoms with E-state index < -0.39 is 41.3 Å². The summed E-state index contributed by atoms with van der Waals surface area (Å²) in [4.78, 5) is 48.0. The maximum atomic E-state index is 12.6. The molecule has 30 heavy (non-hydrogen) atoms. The number of alkyl carbamates (subject to hydrolysis) is 1. The van der Waals surface area contributed by atoms with Crippen LogP contribution in [0.15, 0.2) is 0 Å². The van der Waals surface area contributed by atoms with Gasteiger partial charge in [-0.1, -0.05) is 15.9 Å². The van der Waals surface area contributed by atoms with Crippen molar-refractivity contribution in [2.24, 2.45) is 0 Å².